The lowest BCUT2D eigenvalue weighted by Crippen LogP contribution is -2.28. The number of nitrogens with zero attached hydrogens (tertiary/aromatic N) is 3. The minimum Gasteiger partial charge on any atom is -0.290 e. The van der Waals surface area contributed by atoms with E-state index in [1.807, 2.05) is 0 Å². The zero-order valence-corrected chi connectivity index (χ0v) is 12.5. The first kappa shape index (κ1) is 18.6. The standard InChI is InChI=1S/C15H11F6N3O/c1-2-4-23(9-25)13-3-5-24(22-13)12-7-10(14(16,17)18)6-11(8-12)15(19,20)21/h1,6-9H,3-5H2. The minimum absolute atomic E-state index is 0.0167. The number of carbonyl (C=O) groups is 1. The van der Waals surface area contributed by atoms with E-state index in [1.54, 1.807) is 0 Å². The lowest BCUT2D eigenvalue weighted by molar-refractivity contribution is -0.143. The van der Waals surface area contributed by atoms with Gasteiger partial charge in [-0.25, -0.2) is 0 Å². The number of benzene rings is 1. The van der Waals surface area contributed by atoms with E-state index in [-0.39, 0.29) is 37.1 Å². The molecule has 0 bridgehead atoms. The Kier molecular flexibility index (Phi) is 4.97. The van der Waals surface area contributed by atoms with E-state index in [0.717, 1.165) is 9.91 Å². The number of hydrogen-bond donors (Lipinski definition) is 0. The van der Waals surface area contributed by atoms with Gasteiger partial charge in [-0.05, 0) is 18.2 Å². The molecule has 0 radical (unpaired) electrons. The molecule has 0 spiro atoms. The van der Waals surface area contributed by atoms with Crippen LogP contribution < -0.4 is 5.01 Å². The molecule has 1 amide bonds. The second-order valence-corrected chi connectivity index (χ2v) is 5.09. The zero-order chi connectivity index (χ0) is 18.8. The number of amidine groups is 1. The number of terminal acetylenes is 1. The van der Waals surface area contributed by atoms with E-state index in [0.29, 0.717) is 18.5 Å². The molecule has 134 valence electrons. The highest BCUT2D eigenvalue weighted by Gasteiger charge is 2.37. The Morgan fingerprint density at radius 1 is 1.16 bits per heavy atom. The van der Waals surface area contributed by atoms with Crippen molar-refractivity contribution in [3.8, 4) is 12.3 Å². The molecule has 0 fully saturated rings. The highest BCUT2D eigenvalue weighted by Crippen LogP contribution is 2.38. The summed E-state index contributed by atoms with van der Waals surface area (Å²) in [5, 5.41) is 4.89. The van der Waals surface area contributed by atoms with Crippen molar-refractivity contribution >= 4 is 17.9 Å². The third-order valence-corrected chi connectivity index (χ3v) is 3.37. The number of amides is 1. The molecule has 2 rings (SSSR count). The monoisotopic (exact) mass is 363 g/mol. The predicted molar refractivity (Wildman–Crippen MR) is 77.4 cm³/mol. The summed E-state index contributed by atoms with van der Waals surface area (Å²) in [5.74, 6) is 2.37. The molecule has 0 aliphatic carbocycles. The van der Waals surface area contributed by atoms with Crippen molar-refractivity contribution in [2.45, 2.75) is 18.8 Å². The summed E-state index contributed by atoms with van der Waals surface area (Å²) in [6.07, 6.45) is -4.25. The van der Waals surface area contributed by atoms with Gasteiger partial charge in [-0.2, -0.15) is 31.4 Å². The van der Waals surface area contributed by atoms with Crippen molar-refractivity contribution < 1.29 is 31.1 Å². The topological polar surface area (TPSA) is 35.9 Å². The molecule has 1 aromatic carbocycles. The normalized spacial score (nSPS) is 14.9. The van der Waals surface area contributed by atoms with Gasteiger partial charge in [-0.1, -0.05) is 5.92 Å². The number of carbonyl (C=O) groups excluding carboxylic acids is 1. The minimum atomic E-state index is -4.94. The molecular formula is C15H11F6N3O. The van der Waals surface area contributed by atoms with Gasteiger partial charge in [-0.15, -0.1) is 6.42 Å². The Balaban J connectivity index is 2.44. The average molecular weight is 363 g/mol. The van der Waals surface area contributed by atoms with Crippen LogP contribution in [-0.2, 0) is 17.1 Å². The molecule has 0 aromatic heterocycles. The molecule has 0 unspecified atom stereocenters. The van der Waals surface area contributed by atoms with Gasteiger partial charge >= 0.3 is 12.4 Å². The van der Waals surface area contributed by atoms with Crippen LogP contribution in [0.15, 0.2) is 23.3 Å². The van der Waals surface area contributed by atoms with Crippen molar-refractivity contribution in [3.05, 3.63) is 29.3 Å². The second-order valence-electron chi connectivity index (χ2n) is 5.09. The summed E-state index contributed by atoms with van der Waals surface area (Å²) in [6, 6.07) is 1.20. The van der Waals surface area contributed by atoms with Crippen molar-refractivity contribution in [2.75, 3.05) is 18.1 Å². The smallest absolute Gasteiger partial charge is 0.290 e. The molecule has 0 atom stereocenters. The summed E-state index contributed by atoms with van der Waals surface area (Å²) in [5.41, 5.74) is -3.24. The first-order chi connectivity index (χ1) is 11.6. The summed E-state index contributed by atoms with van der Waals surface area (Å²) >= 11 is 0. The maximum Gasteiger partial charge on any atom is 0.416 e. The van der Waals surface area contributed by atoms with E-state index in [2.05, 4.69) is 11.0 Å². The summed E-state index contributed by atoms with van der Waals surface area (Å²) in [6.45, 7) is -0.0879. The molecule has 0 saturated heterocycles. The third kappa shape index (κ3) is 4.23. The fourth-order valence-corrected chi connectivity index (χ4v) is 2.21. The Bertz CT molecular complexity index is 700. The van der Waals surface area contributed by atoms with E-state index < -0.39 is 23.5 Å². The van der Waals surface area contributed by atoms with Crippen LogP contribution in [0.4, 0.5) is 32.0 Å². The fraction of sp³-hybridized carbons (Fsp3) is 0.333. The Hall–Kier alpha value is -2.70. The highest BCUT2D eigenvalue weighted by atomic mass is 19.4. The molecule has 0 N–H and O–H groups in total. The molecule has 4 nitrogen and oxygen atoms in total. The van der Waals surface area contributed by atoms with E-state index in [1.165, 1.54) is 0 Å². The molecular weight excluding hydrogens is 352 g/mol. The maximum atomic E-state index is 12.9. The van der Waals surface area contributed by atoms with Crippen LogP contribution in [0, 0.1) is 12.3 Å². The van der Waals surface area contributed by atoms with E-state index >= 15 is 0 Å². The number of halogens is 6. The van der Waals surface area contributed by atoms with Crippen LogP contribution in [0.1, 0.15) is 17.5 Å². The van der Waals surface area contributed by atoms with Crippen LogP contribution in [-0.4, -0.2) is 30.2 Å². The number of rotatable bonds is 3. The quantitative estimate of drug-likeness (QED) is 0.469. The molecule has 10 heteroatoms. The van der Waals surface area contributed by atoms with Gasteiger partial charge in [0.25, 0.3) is 0 Å². The van der Waals surface area contributed by atoms with Gasteiger partial charge < -0.3 is 0 Å². The van der Waals surface area contributed by atoms with E-state index in [4.69, 9.17) is 6.42 Å². The van der Waals surface area contributed by atoms with Crippen LogP contribution in [0.25, 0.3) is 0 Å². The average Bonchev–Trinajstić information content (AvgIpc) is 3.00. The second kappa shape index (κ2) is 6.66. The number of hydrazone groups is 1. The van der Waals surface area contributed by atoms with Crippen LogP contribution >= 0.6 is 0 Å². The van der Waals surface area contributed by atoms with Crippen molar-refractivity contribution in [1.29, 1.82) is 0 Å². The molecule has 1 heterocycles. The van der Waals surface area contributed by atoms with Gasteiger partial charge in [0.2, 0.25) is 6.41 Å². The third-order valence-electron chi connectivity index (χ3n) is 3.37. The van der Waals surface area contributed by atoms with Crippen molar-refractivity contribution in [2.24, 2.45) is 5.10 Å². The predicted octanol–water partition coefficient (Wildman–Crippen LogP) is 3.34. The fourth-order valence-electron chi connectivity index (χ4n) is 2.21. The largest absolute Gasteiger partial charge is 0.416 e. The number of alkyl halides is 6. The summed E-state index contributed by atoms with van der Waals surface area (Å²) in [4.78, 5) is 12.0. The van der Waals surface area contributed by atoms with Crippen LogP contribution in [0.5, 0.6) is 0 Å². The molecule has 25 heavy (non-hydrogen) atoms. The van der Waals surface area contributed by atoms with Crippen LogP contribution in [0.3, 0.4) is 0 Å². The van der Waals surface area contributed by atoms with Gasteiger partial charge in [0.15, 0.2) is 0 Å². The number of anilines is 1. The van der Waals surface area contributed by atoms with Gasteiger partial charge in [0.1, 0.15) is 5.84 Å². The van der Waals surface area contributed by atoms with Crippen LogP contribution in [0.2, 0.25) is 0 Å². The lowest BCUT2D eigenvalue weighted by atomic mass is 10.1. The van der Waals surface area contributed by atoms with Crippen molar-refractivity contribution in [3.63, 3.8) is 0 Å². The van der Waals surface area contributed by atoms with Gasteiger partial charge in [0.05, 0.1) is 23.4 Å². The summed E-state index contributed by atoms with van der Waals surface area (Å²) < 4.78 is 77.3. The first-order valence-electron chi connectivity index (χ1n) is 6.86. The maximum absolute atomic E-state index is 12.9. The van der Waals surface area contributed by atoms with Crippen molar-refractivity contribution in [1.82, 2.24) is 4.90 Å². The Labute approximate surface area is 138 Å². The molecule has 1 aliphatic rings. The molecule has 0 saturated carbocycles. The van der Waals surface area contributed by atoms with Gasteiger partial charge in [0, 0.05) is 13.0 Å². The number of hydrogen-bond acceptors (Lipinski definition) is 3. The Morgan fingerprint density at radius 3 is 2.16 bits per heavy atom. The molecule has 1 aliphatic heterocycles. The van der Waals surface area contributed by atoms with Gasteiger partial charge in [-0.3, -0.25) is 14.7 Å². The lowest BCUT2D eigenvalue weighted by Gasteiger charge is -2.19. The zero-order valence-electron chi connectivity index (χ0n) is 12.5. The molecule has 1 aromatic rings. The first-order valence-corrected chi connectivity index (χ1v) is 6.86. The van der Waals surface area contributed by atoms with E-state index in [9.17, 15) is 31.1 Å². The summed E-state index contributed by atoms with van der Waals surface area (Å²) in [7, 11) is 0. The SMILES string of the molecule is C#CCN(C=O)C1=NN(c2cc(C(F)(F)F)cc(C(F)(F)F)c2)CC1. The Morgan fingerprint density at radius 2 is 1.72 bits per heavy atom. The highest BCUT2D eigenvalue weighted by molar-refractivity contribution is 5.93.